The van der Waals surface area contributed by atoms with Gasteiger partial charge in [0.1, 0.15) is 11.6 Å². The van der Waals surface area contributed by atoms with Crippen molar-refractivity contribution in [1.29, 1.82) is 0 Å². The minimum absolute atomic E-state index is 0.268. The molecule has 0 aromatic heterocycles. The zero-order chi connectivity index (χ0) is 13.4. The van der Waals surface area contributed by atoms with E-state index in [1.807, 2.05) is 0 Å². The van der Waals surface area contributed by atoms with E-state index in [2.05, 4.69) is 0 Å². The zero-order valence-corrected chi connectivity index (χ0v) is 10.8. The second-order valence-corrected chi connectivity index (χ2v) is 4.84. The molecular weight excluding hydrogens is 224 g/mol. The number of aryl methyl sites for hydroxylation is 1. The quantitative estimate of drug-likeness (QED) is 0.758. The van der Waals surface area contributed by atoms with Gasteiger partial charge in [-0.2, -0.15) is 0 Å². The van der Waals surface area contributed by atoms with E-state index in [1.165, 1.54) is 13.0 Å². The smallest absolute Gasteiger partial charge is 0.188 e. The Morgan fingerprint density at radius 3 is 2.24 bits per heavy atom. The molecule has 0 N–H and O–H groups in total. The highest BCUT2D eigenvalue weighted by Crippen LogP contribution is 2.24. The van der Waals surface area contributed by atoms with E-state index < -0.39 is 28.5 Å². The summed E-state index contributed by atoms with van der Waals surface area (Å²) in [5.41, 5.74) is -1.14. The molecule has 94 valence electrons. The Bertz CT molecular complexity index is 453. The number of benzene rings is 1. The van der Waals surface area contributed by atoms with Crippen molar-refractivity contribution in [3.05, 3.63) is 34.9 Å². The largest absolute Gasteiger partial charge is 0.297 e. The first-order valence-electron chi connectivity index (χ1n) is 5.36. The van der Waals surface area contributed by atoms with Crippen LogP contribution in [0.5, 0.6) is 0 Å². The number of hydrogen-bond acceptors (Lipinski definition) is 2. The standard InChI is InChI=1S/C13H17F2NO/c1-8-6-7-9(14)10(11(8)15)12(17)13(2,3)16(4)5/h6-7H,1-5H3. The summed E-state index contributed by atoms with van der Waals surface area (Å²) in [4.78, 5) is 13.8. The average molecular weight is 241 g/mol. The lowest BCUT2D eigenvalue weighted by molar-refractivity contribution is 0.0746. The fourth-order valence-electron chi connectivity index (χ4n) is 1.37. The molecular formula is C13H17F2NO. The van der Waals surface area contributed by atoms with Crippen LogP contribution < -0.4 is 0 Å². The molecule has 4 heteroatoms. The SMILES string of the molecule is Cc1ccc(F)c(C(=O)C(C)(C)N(C)C)c1F. The predicted molar refractivity (Wildman–Crippen MR) is 63.2 cm³/mol. The molecule has 0 spiro atoms. The van der Waals surface area contributed by atoms with Gasteiger partial charge in [0.15, 0.2) is 5.78 Å². The zero-order valence-electron chi connectivity index (χ0n) is 10.8. The van der Waals surface area contributed by atoms with E-state index >= 15 is 0 Å². The maximum absolute atomic E-state index is 13.8. The summed E-state index contributed by atoms with van der Waals surface area (Å²) in [5.74, 6) is -2.14. The van der Waals surface area contributed by atoms with Gasteiger partial charge in [-0.05, 0) is 46.5 Å². The lowest BCUT2D eigenvalue weighted by Gasteiger charge is -2.31. The molecule has 1 aromatic carbocycles. The molecule has 1 rings (SSSR count). The van der Waals surface area contributed by atoms with Crippen molar-refractivity contribution in [3.63, 3.8) is 0 Å². The van der Waals surface area contributed by atoms with Crippen LogP contribution in [0.4, 0.5) is 8.78 Å². The second kappa shape index (κ2) is 4.53. The lowest BCUT2D eigenvalue weighted by Crippen LogP contribution is -2.46. The van der Waals surface area contributed by atoms with Crippen LogP contribution in [0.25, 0.3) is 0 Å². The summed E-state index contributed by atoms with van der Waals surface area (Å²) in [6, 6.07) is 2.45. The maximum Gasteiger partial charge on any atom is 0.188 e. The average Bonchev–Trinajstić information content (AvgIpc) is 2.23. The number of Topliss-reactive ketones (excluding diaryl/α,β-unsaturated/α-hetero) is 1. The first-order chi connectivity index (χ1) is 7.69. The van der Waals surface area contributed by atoms with Gasteiger partial charge in [-0.25, -0.2) is 8.78 Å². The Labute approximate surface area is 100 Å². The molecule has 0 aliphatic heterocycles. The van der Waals surface area contributed by atoms with Crippen LogP contribution in [0.1, 0.15) is 29.8 Å². The Hall–Kier alpha value is -1.29. The number of halogens is 2. The van der Waals surface area contributed by atoms with Gasteiger partial charge in [0.05, 0.1) is 11.1 Å². The molecule has 0 saturated heterocycles. The van der Waals surface area contributed by atoms with Gasteiger partial charge in [-0.1, -0.05) is 6.07 Å². The third-order valence-electron chi connectivity index (χ3n) is 3.18. The highest BCUT2D eigenvalue weighted by atomic mass is 19.1. The topological polar surface area (TPSA) is 20.3 Å². The minimum atomic E-state index is -0.949. The number of likely N-dealkylation sites (N-methyl/N-ethyl adjacent to an activating group) is 1. The fourth-order valence-corrected chi connectivity index (χ4v) is 1.37. The monoisotopic (exact) mass is 241 g/mol. The van der Waals surface area contributed by atoms with E-state index in [1.54, 1.807) is 32.8 Å². The van der Waals surface area contributed by atoms with Crippen LogP contribution in [-0.4, -0.2) is 30.3 Å². The molecule has 0 saturated carbocycles. The highest BCUT2D eigenvalue weighted by molar-refractivity contribution is 6.03. The second-order valence-electron chi connectivity index (χ2n) is 4.84. The molecule has 0 atom stereocenters. The fraction of sp³-hybridized carbons (Fsp3) is 0.462. The Balaban J connectivity index is 3.36. The molecule has 0 bridgehead atoms. The van der Waals surface area contributed by atoms with E-state index in [4.69, 9.17) is 0 Å². The third-order valence-corrected chi connectivity index (χ3v) is 3.18. The van der Waals surface area contributed by atoms with Gasteiger partial charge in [0, 0.05) is 0 Å². The van der Waals surface area contributed by atoms with Gasteiger partial charge in [-0.15, -0.1) is 0 Å². The van der Waals surface area contributed by atoms with Crippen LogP contribution >= 0.6 is 0 Å². The lowest BCUT2D eigenvalue weighted by atomic mass is 9.90. The van der Waals surface area contributed by atoms with Crippen LogP contribution in [-0.2, 0) is 0 Å². The number of rotatable bonds is 3. The minimum Gasteiger partial charge on any atom is -0.297 e. The third kappa shape index (κ3) is 2.36. The van der Waals surface area contributed by atoms with Crippen molar-refractivity contribution in [2.24, 2.45) is 0 Å². The summed E-state index contributed by atoms with van der Waals surface area (Å²) in [6.07, 6.45) is 0. The van der Waals surface area contributed by atoms with Crippen molar-refractivity contribution in [2.75, 3.05) is 14.1 Å². The Morgan fingerprint density at radius 2 is 1.76 bits per heavy atom. The number of carbonyl (C=O) groups excluding carboxylic acids is 1. The maximum atomic E-state index is 13.8. The van der Waals surface area contributed by atoms with Crippen molar-refractivity contribution in [2.45, 2.75) is 26.3 Å². The molecule has 0 aliphatic rings. The summed E-state index contributed by atoms with van der Waals surface area (Å²) in [7, 11) is 3.40. The predicted octanol–water partition coefficient (Wildman–Crippen LogP) is 2.80. The van der Waals surface area contributed by atoms with Crippen LogP contribution in [0.15, 0.2) is 12.1 Å². The van der Waals surface area contributed by atoms with Gasteiger partial charge >= 0.3 is 0 Å². The summed E-state index contributed by atoms with van der Waals surface area (Å²) >= 11 is 0. The first kappa shape index (κ1) is 13.8. The molecule has 0 radical (unpaired) electrons. The normalized spacial score (nSPS) is 12.0. The van der Waals surface area contributed by atoms with Crippen molar-refractivity contribution in [1.82, 2.24) is 4.90 Å². The molecule has 0 unspecified atom stereocenters. The van der Waals surface area contributed by atoms with Crippen molar-refractivity contribution < 1.29 is 13.6 Å². The van der Waals surface area contributed by atoms with Crippen LogP contribution in [0.3, 0.4) is 0 Å². The van der Waals surface area contributed by atoms with E-state index in [0.717, 1.165) is 6.07 Å². The molecule has 2 nitrogen and oxygen atoms in total. The molecule has 0 heterocycles. The van der Waals surface area contributed by atoms with Crippen molar-refractivity contribution in [3.8, 4) is 0 Å². The highest BCUT2D eigenvalue weighted by Gasteiger charge is 2.34. The molecule has 17 heavy (non-hydrogen) atoms. The number of ketones is 1. The first-order valence-corrected chi connectivity index (χ1v) is 5.36. The molecule has 1 aromatic rings. The van der Waals surface area contributed by atoms with E-state index in [0.29, 0.717) is 0 Å². The Kier molecular flexibility index (Phi) is 3.67. The van der Waals surface area contributed by atoms with Crippen LogP contribution in [0.2, 0.25) is 0 Å². The van der Waals surface area contributed by atoms with Crippen LogP contribution in [0, 0.1) is 18.6 Å². The van der Waals surface area contributed by atoms with Gasteiger partial charge < -0.3 is 0 Å². The van der Waals surface area contributed by atoms with E-state index in [-0.39, 0.29) is 5.56 Å². The molecule has 0 amide bonds. The summed E-state index contributed by atoms with van der Waals surface area (Å²) in [5, 5.41) is 0. The Morgan fingerprint density at radius 1 is 1.24 bits per heavy atom. The summed E-state index contributed by atoms with van der Waals surface area (Å²) < 4.78 is 27.4. The number of hydrogen-bond donors (Lipinski definition) is 0. The van der Waals surface area contributed by atoms with Gasteiger partial charge in [0.25, 0.3) is 0 Å². The summed E-state index contributed by atoms with van der Waals surface area (Å²) in [6.45, 7) is 4.78. The number of carbonyl (C=O) groups is 1. The van der Waals surface area contributed by atoms with Gasteiger partial charge in [-0.3, -0.25) is 9.69 Å². The number of nitrogens with zero attached hydrogens (tertiary/aromatic N) is 1. The van der Waals surface area contributed by atoms with Gasteiger partial charge in [0.2, 0.25) is 0 Å². The molecule has 0 fully saturated rings. The van der Waals surface area contributed by atoms with Crippen molar-refractivity contribution >= 4 is 5.78 Å². The molecule has 0 aliphatic carbocycles. The van der Waals surface area contributed by atoms with E-state index in [9.17, 15) is 13.6 Å².